The maximum absolute atomic E-state index is 14.5. The van der Waals surface area contributed by atoms with Crippen LogP contribution in [0, 0.1) is 23.7 Å². The Bertz CT molecular complexity index is 2000. The SMILES string of the molecule is CC1CC(C)CC2(C1)Nc1cccc3ccc(C4=C(O)/C(=C5/C=Cc6cccc7c6C5N5C6C(C)CC(C)CC65N7)C4=O)c(c13)N2. The summed E-state index contributed by atoms with van der Waals surface area (Å²) in [7, 11) is 0. The molecule has 3 aliphatic heterocycles. The number of hydrogen-bond acceptors (Lipinski definition) is 6. The number of nitrogens with one attached hydrogen (secondary N) is 3. The number of aliphatic hydroxyl groups excluding tert-OH is 1. The van der Waals surface area contributed by atoms with Gasteiger partial charge in [0.1, 0.15) is 17.1 Å². The van der Waals surface area contributed by atoms with Gasteiger partial charge >= 0.3 is 0 Å². The summed E-state index contributed by atoms with van der Waals surface area (Å²) >= 11 is 0. The number of ketones is 1. The van der Waals surface area contributed by atoms with Crippen LogP contribution in [0.4, 0.5) is 17.1 Å². The topological polar surface area (TPSA) is 76.4 Å². The number of rotatable bonds is 1. The Balaban J connectivity index is 1.12. The average Bonchev–Trinajstić information content (AvgIpc) is 3.67. The summed E-state index contributed by atoms with van der Waals surface area (Å²) < 4.78 is 0. The van der Waals surface area contributed by atoms with Crippen LogP contribution in [0.5, 0.6) is 0 Å². The zero-order chi connectivity index (χ0) is 31.3. The van der Waals surface area contributed by atoms with Crippen molar-refractivity contribution in [1.29, 1.82) is 0 Å². The Labute approximate surface area is 270 Å². The molecule has 4 aliphatic carbocycles. The Morgan fingerprint density at radius 3 is 2.37 bits per heavy atom. The smallest absolute Gasteiger partial charge is 0.201 e. The molecule has 0 bridgehead atoms. The largest absolute Gasteiger partial charge is 0.506 e. The zero-order valence-electron chi connectivity index (χ0n) is 27.1. The number of allylic oxidation sites excluding steroid dienone is 2. The van der Waals surface area contributed by atoms with E-state index in [0.717, 1.165) is 52.5 Å². The number of aliphatic hydroxyl groups is 1. The van der Waals surface area contributed by atoms with E-state index >= 15 is 0 Å². The van der Waals surface area contributed by atoms with Crippen LogP contribution in [-0.2, 0) is 4.79 Å². The van der Waals surface area contributed by atoms with Gasteiger partial charge in [0.05, 0.1) is 28.9 Å². The summed E-state index contributed by atoms with van der Waals surface area (Å²) in [5, 5.41) is 26.0. The molecule has 6 heteroatoms. The highest BCUT2D eigenvalue weighted by atomic mass is 16.3. The Hall–Kier alpha value is -4.03. The molecule has 3 heterocycles. The summed E-state index contributed by atoms with van der Waals surface area (Å²) in [4.78, 5) is 17.1. The highest BCUT2D eigenvalue weighted by molar-refractivity contribution is 6.41. The first-order chi connectivity index (χ1) is 22.2. The van der Waals surface area contributed by atoms with Crippen molar-refractivity contribution in [3.63, 3.8) is 0 Å². The summed E-state index contributed by atoms with van der Waals surface area (Å²) in [6, 6.07) is 17.4. The molecule has 3 aromatic carbocycles. The van der Waals surface area contributed by atoms with Crippen LogP contribution in [0.1, 0.15) is 82.5 Å². The summed E-state index contributed by atoms with van der Waals surface area (Å²) in [5.74, 6) is 2.43. The molecule has 234 valence electrons. The van der Waals surface area contributed by atoms with Crippen molar-refractivity contribution in [2.75, 3.05) is 16.0 Å². The predicted octanol–water partition coefficient (Wildman–Crippen LogP) is 8.62. The van der Waals surface area contributed by atoms with Crippen LogP contribution in [0.2, 0.25) is 0 Å². The van der Waals surface area contributed by atoms with Crippen LogP contribution in [0.25, 0.3) is 22.4 Å². The fourth-order valence-corrected chi connectivity index (χ4v) is 11.2. The van der Waals surface area contributed by atoms with Gasteiger partial charge in [-0.15, -0.1) is 0 Å². The van der Waals surface area contributed by atoms with Crippen molar-refractivity contribution in [1.82, 2.24) is 4.90 Å². The van der Waals surface area contributed by atoms with E-state index in [-0.39, 0.29) is 28.9 Å². The van der Waals surface area contributed by atoms with Crippen molar-refractivity contribution < 1.29 is 9.90 Å². The minimum absolute atomic E-state index is 0.0461. The van der Waals surface area contributed by atoms with Gasteiger partial charge in [-0.1, -0.05) is 76.2 Å². The normalized spacial score (nSPS) is 39.5. The highest BCUT2D eigenvalue weighted by Gasteiger charge is 2.72. The lowest BCUT2D eigenvalue weighted by Gasteiger charge is -2.48. The summed E-state index contributed by atoms with van der Waals surface area (Å²) in [6.45, 7) is 9.42. The Kier molecular flexibility index (Phi) is 5.22. The molecule has 2 spiro atoms. The molecule has 6 nitrogen and oxygen atoms in total. The number of carbonyl (C=O) groups excluding carboxylic acids is 1. The van der Waals surface area contributed by atoms with Gasteiger partial charge in [0.25, 0.3) is 0 Å². The minimum atomic E-state index is -0.280. The summed E-state index contributed by atoms with van der Waals surface area (Å²) in [5.41, 5.74) is 7.99. The second kappa shape index (κ2) is 8.86. The molecule has 3 fully saturated rings. The number of anilines is 3. The maximum Gasteiger partial charge on any atom is 0.201 e. The van der Waals surface area contributed by atoms with Gasteiger partial charge < -0.3 is 21.1 Å². The van der Waals surface area contributed by atoms with Gasteiger partial charge in [0.2, 0.25) is 5.78 Å². The molecule has 10 rings (SSSR count). The van der Waals surface area contributed by atoms with Crippen molar-refractivity contribution in [3.05, 3.63) is 88.2 Å². The monoisotopic (exact) mass is 610 g/mol. The molecule has 0 radical (unpaired) electrons. The minimum Gasteiger partial charge on any atom is -0.506 e. The van der Waals surface area contributed by atoms with Gasteiger partial charge in [0, 0.05) is 27.9 Å². The maximum atomic E-state index is 14.5. The van der Waals surface area contributed by atoms with Crippen molar-refractivity contribution in [2.24, 2.45) is 23.7 Å². The Morgan fingerprint density at radius 1 is 0.804 bits per heavy atom. The summed E-state index contributed by atoms with van der Waals surface area (Å²) in [6.07, 6.45) is 9.78. The number of fused-ring (bicyclic) bond motifs is 2. The fraction of sp³-hybridized carbons (Fsp3) is 0.425. The van der Waals surface area contributed by atoms with Crippen molar-refractivity contribution >= 4 is 45.3 Å². The van der Waals surface area contributed by atoms with E-state index in [1.165, 1.54) is 29.7 Å². The third-order valence-corrected chi connectivity index (χ3v) is 12.4. The van der Waals surface area contributed by atoms with Crippen LogP contribution in [-0.4, -0.2) is 33.2 Å². The van der Waals surface area contributed by atoms with E-state index in [1.807, 2.05) is 6.07 Å². The van der Waals surface area contributed by atoms with Gasteiger partial charge in [-0.05, 0) is 84.4 Å². The molecule has 46 heavy (non-hydrogen) atoms. The third-order valence-electron chi connectivity index (χ3n) is 12.4. The van der Waals surface area contributed by atoms with E-state index in [1.54, 1.807) is 0 Å². The first kappa shape index (κ1) is 27.1. The lowest BCUT2D eigenvalue weighted by molar-refractivity contribution is -0.111. The van der Waals surface area contributed by atoms with E-state index in [2.05, 4.69) is 103 Å². The van der Waals surface area contributed by atoms with Crippen LogP contribution in [0.15, 0.2) is 71.5 Å². The molecule has 0 amide bonds. The highest BCUT2D eigenvalue weighted by Crippen LogP contribution is 2.66. The molecular weight excluding hydrogens is 568 g/mol. The molecule has 7 aliphatic rings. The van der Waals surface area contributed by atoms with Crippen molar-refractivity contribution in [3.8, 4) is 0 Å². The second-order valence-corrected chi connectivity index (χ2v) is 15.9. The van der Waals surface area contributed by atoms with Crippen LogP contribution >= 0.6 is 0 Å². The predicted molar refractivity (Wildman–Crippen MR) is 185 cm³/mol. The molecule has 8 atom stereocenters. The number of hydrogen-bond donors (Lipinski definition) is 4. The van der Waals surface area contributed by atoms with E-state index < -0.39 is 0 Å². The lowest BCUT2D eigenvalue weighted by Crippen LogP contribution is -2.53. The molecule has 4 N–H and O–H groups in total. The second-order valence-electron chi connectivity index (χ2n) is 15.9. The molecule has 2 saturated carbocycles. The number of carbonyl (C=O) groups is 1. The van der Waals surface area contributed by atoms with E-state index in [9.17, 15) is 9.90 Å². The number of Topliss-reactive ketones (excluding diaryl/α,β-unsaturated/α-hetero) is 1. The fourth-order valence-electron chi connectivity index (χ4n) is 11.2. The van der Waals surface area contributed by atoms with E-state index in [0.29, 0.717) is 40.9 Å². The lowest BCUT2D eigenvalue weighted by atomic mass is 9.73. The molecule has 3 aromatic rings. The first-order valence-corrected chi connectivity index (χ1v) is 17.4. The Morgan fingerprint density at radius 2 is 1.57 bits per heavy atom. The van der Waals surface area contributed by atoms with Gasteiger partial charge in [-0.3, -0.25) is 9.69 Å². The van der Waals surface area contributed by atoms with Gasteiger partial charge in [-0.2, -0.15) is 0 Å². The average molecular weight is 611 g/mol. The molecule has 8 unspecified atom stereocenters. The van der Waals surface area contributed by atoms with Crippen molar-refractivity contribution in [2.45, 2.75) is 83.2 Å². The molecular formula is C40H42N4O2. The first-order valence-electron chi connectivity index (χ1n) is 17.4. The third kappa shape index (κ3) is 3.38. The van der Waals surface area contributed by atoms with Gasteiger partial charge in [0.15, 0.2) is 0 Å². The van der Waals surface area contributed by atoms with E-state index in [4.69, 9.17) is 0 Å². The molecule has 1 saturated heterocycles. The van der Waals surface area contributed by atoms with Gasteiger partial charge in [-0.25, -0.2) is 0 Å². The number of benzene rings is 3. The van der Waals surface area contributed by atoms with Crippen LogP contribution < -0.4 is 16.0 Å². The number of nitrogens with zero attached hydrogens (tertiary/aromatic N) is 1. The standard InChI is InChI=1S/C40H42N4O2/c1-20-15-21(2)18-39(17-20)41-28-9-5-7-24-11-13-26(34(43-39)30(24)28)32-36(45)33(37(32)46)27-14-12-25-8-6-10-29-31(25)35(27)44-38-23(4)16-22(3)19-40(38,44)42-29/h5-14,20-23,35,38,41-43,45H,15-19H2,1-4H3/b33-27+. The molecule has 0 aromatic heterocycles. The zero-order valence-corrected chi connectivity index (χ0v) is 27.1. The quantitative estimate of drug-likeness (QED) is 0.163. The van der Waals surface area contributed by atoms with Crippen LogP contribution in [0.3, 0.4) is 0 Å².